The lowest BCUT2D eigenvalue weighted by Gasteiger charge is -2.00. The molecular formula is C14H14O2. The third-order valence-electron chi connectivity index (χ3n) is 2.48. The van der Waals surface area contributed by atoms with E-state index in [-0.39, 0.29) is 0 Å². The molecule has 0 fully saturated rings. The number of ether oxygens (including phenoxy) is 2. The molecule has 0 saturated carbocycles. The molecule has 0 aliphatic rings. The zero-order chi connectivity index (χ0) is 11.4. The van der Waals surface area contributed by atoms with E-state index in [1.807, 2.05) is 24.3 Å². The average molecular weight is 214 g/mol. The third-order valence-corrected chi connectivity index (χ3v) is 2.48. The molecule has 0 aromatic heterocycles. The molecule has 82 valence electrons. The number of fused-ring (bicyclic) bond motifs is 1. The molecule has 2 nitrogen and oxygen atoms in total. The van der Waals surface area contributed by atoms with Crippen LogP contribution in [0.5, 0.6) is 0 Å². The molecule has 0 saturated heterocycles. The fourth-order valence-corrected chi connectivity index (χ4v) is 1.82. The Morgan fingerprint density at radius 2 is 1.19 bits per heavy atom. The molecule has 0 radical (unpaired) electrons. The molecule has 2 aromatic carbocycles. The summed E-state index contributed by atoms with van der Waals surface area (Å²) in [7, 11) is 3.31. The van der Waals surface area contributed by atoms with E-state index in [2.05, 4.69) is 12.1 Å². The summed E-state index contributed by atoms with van der Waals surface area (Å²) in [5.41, 5.74) is 0. The van der Waals surface area contributed by atoms with Crippen LogP contribution in [-0.4, -0.2) is 14.2 Å². The van der Waals surface area contributed by atoms with Crippen molar-refractivity contribution in [2.45, 2.75) is 0 Å². The Morgan fingerprint density at radius 3 is 1.56 bits per heavy atom. The second kappa shape index (κ2) is 4.71. The van der Waals surface area contributed by atoms with Crippen LogP contribution in [0.4, 0.5) is 0 Å². The maximum absolute atomic E-state index is 5.07. The maximum atomic E-state index is 5.07. The van der Waals surface area contributed by atoms with Crippen LogP contribution in [0.15, 0.2) is 36.4 Å². The Morgan fingerprint density at radius 1 is 0.750 bits per heavy atom. The van der Waals surface area contributed by atoms with Crippen molar-refractivity contribution in [2.75, 3.05) is 14.2 Å². The number of hydrogen-bond acceptors (Lipinski definition) is 2. The molecule has 0 N–H and O–H groups in total. The molecule has 0 heterocycles. The second-order valence-corrected chi connectivity index (χ2v) is 3.50. The van der Waals surface area contributed by atoms with E-state index in [1.54, 1.807) is 26.7 Å². The van der Waals surface area contributed by atoms with Gasteiger partial charge in [0, 0.05) is 10.4 Å². The molecule has 0 unspecified atom stereocenters. The van der Waals surface area contributed by atoms with Crippen LogP contribution in [0.25, 0.3) is 23.3 Å². The first-order valence-electron chi connectivity index (χ1n) is 5.10. The summed E-state index contributed by atoms with van der Waals surface area (Å²) in [5.74, 6) is 0. The highest BCUT2D eigenvalue weighted by molar-refractivity contribution is 5.84. The van der Waals surface area contributed by atoms with Crippen molar-refractivity contribution >= 4 is 23.3 Å². The van der Waals surface area contributed by atoms with Crippen LogP contribution in [0.3, 0.4) is 0 Å². The molecule has 0 bridgehead atoms. The maximum Gasteiger partial charge on any atom is 0.0903 e. The van der Waals surface area contributed by atoms with Crippen molar-refractivity contribution in [2.24, 2.45) is 0 Å². The number of methoxy groups -OCH3 is 2. The summed E-state index contributed by atoms with van der Waals surface area (Å²) in [4.78, 5) is 0. The van der Waals surface area contributed by atoms with Gasteiger partial charge in [0.1, 0.15) is 0 Å². The summed E-state index contributed by atoms with van der Waals surface area (Å²) in [5, 5.41) is 4.48. The summed E-state index contributed by atoms with van der Waals surface area (Å²) >= 11 is 0. The van der Waals surface area contributed by atoms with E-state index in [1.165, 1.54) is 0 Å². The predicted molar refractivity (Wildman–Crippen MR) is 66.1 cm³/mol. The van der Waals surface area contributed by atoms with Crippen molar-refractivity contribution in [1.29, 1.82) is 0 Å². The Bertz CT molecular complexity index is 544. The van der Waals surface area contributed by atoms with Crippen molar-refractivity contribution < 1.29 is 9.47 Å². The molecule has 0 amide bonds. The molecular weight excluding hydrogens is 200 g/mol. The van der Waals surface area contributed by atoms with Crippen molar-refractivity contribution in [3.8, 4) is 0 Å². The first kappa shape index (κ1) is 10.6. The predicted octanol–water partition coefficient (Wildman–Crippen LogP) is 1.61. The molecule has 2 rings (SSSR count). The van der Waals surface area contributed by atoms with Crippen LogP contribution in [-0.2, 0) is 9.47 Å². The van der Waals surface area contributed by atoms with Gasteiger partial charge in [0.05, 0.1) is 26.7 Å². The Hall–Kier alpha value is -1.96. The topological polar surface area (TPSA) is 18.5 Å². The zero-order valence-electron chi connectivity index (χ0n) is 9.44. The van der Waals surface area contributed by atoms with Crippen LogP contribution in [0, 0.1) is 0 Å². The number of benzene rings is 2. The Balaban J connectivity index is 2.87. The minimum Gasteiger partial charge on any atom is -0.504 e. The second-order valence-electron chi connectivity index (χ2n) is 3.50. The fraction of sp³-hybridized carbons (Fsp3) is 0.143. The monoisotopic (exact) mass is 214 g/mol. The van der Waals surface area contributed by atoms with Crippen molar-refractivity contribution in [3.05, 3.63) is 46.8 Å². The molecule has 0 aliphatic heterocycles. The van der Waals surface area contributed by atoms with Gasteiger partial charge in [-0.3, -0.25) is 0 Å². The van der Waals surface area contributed by atoms with E-state index >= 15 is 0 Å². The van der Waals surface area contributed by atoms with Gasteiger partial charge in [-0.25, -0.2) is 0 Å². The molecule has 2 heteroatoms. The van der Waals surface area contributed by atoms with Crippen LogP contribution in [0.2, 0.25) is 0 Å². The SMILES string of the molecule is COC=c1cccc2c(=COC)cccc12. The minimum absolute atomic E-state index is 1.08. The van der Waals surface area contributed by atoms with Crippen molar-refractivity contribution in [1.82, 2.24) is 0 Å². The van der Waals surface area contributed by atoms with E-state index in [4.69, 9.17) is 9.47 Å². The normalized spacial score (nSPS) is 13.1. The standard InChI is InChI=1S/C14H14O2/c1-15-9-11-5-3-8-14-12(10-16-2)6-4-7-13(11)14/h3-10H,1-2H3. The minimum atomic E-state index is 1.08. The van der Waals surface area contributed by atoms with Gasteiger partial charge >= 0.3 is 0 Å². The first-order valence-corrected chi connectivity index (χ1v) is 5.10. The smallest absolute Gasteiger partial charge is 0.0903 e. The van der Waals surface area contributed by atoms with E-state index < -0.39 is 0 Å². The molecule has 0 aliphatic carbocycles. The molecule has 2 aromatic rings. The van der Waals surface area contributed by atoms with Crippen molar-refractivity contribution in [3.63, 3.8) is 0 Å². The van der Waals surface area contributed by atoms with Gasteiger partial charge in [0.15, 0.2) is 0 Å². The highest BCUT2D eigenvalue weighted by Gasteiger charge is 1.95. The quantitative estimate of drug-likeness (QED) is 0.756. The largest absolute Gasteiger partial charge is 0.504 e. The highest BCUT2D eigenvalue weighted by atomic mass is 16.5. The average Bonchev–Trinajstić information content (AvgIpc) is 2.31. The van der Waals surface area contributed by atoms with Gasteiger partial charge in [-0.15, -0.1) is 0 Å². The highest BCUT2D eigenvalue weighted by Crippen LogP contribution is 2.03. The third kappa shape index (κ3) is 1.87. The lowest BCUT2D eigenvalue weighted by Crippen LogP contribution is -2.09. The summed E-state index contributed by atoms with van der Waals surface area (Å²) in [6.45, 7) is 0. The van der Waals surface area contributed by atoms with Gasteiger partial charge in [0.25, 0.3) is 0 Å². The Kier molecular flexibility index (Phi) is 3.10. The summed E-state index contributed by atoms with van der Waals surface area (Å²) in [6.07, 6.45) is 3.50. The lowest BCUT2D eigenvalue weighted by atomic mass is 10.1. The zero-order valence-corrected chi connectivity index (χ0v) is 9.44. The lowest BCUT2D eigenvalue weighted by molar-refractivity contribution is 0.391. The Labute approximate surface area is 94.4 Å². The van der Waals surface area contributed by atoms with Gasteiger partial charge in [-0.05, 0) is 10.8 Å². The number of rotatable bonds is 2. The number of hydrogen-bond donors (Lipinski definition) is 0. The van der Waals surface area contributed by atoms with Gasteiger partial charge in [0.2, 0.25) is 0 Å². The van der Waals surface area contributed by atoms with Gasteiger partial charge in [-0.2, -0.15) is 0 Å². The summed E-state index contributed by atoms with van der Waals surface area (Å²) < 4.78 is 10.1. The molecule has 0 atom stereocenters. The van der Waals surface area contributed by atoms with E-state index in [0.29, 0.717) is 0 Å². The molecule has 16 heavy (non-hydrogen) atoms. The van der Waals surface area contributed by atoms with Gasteiger partial charge in [-0.1, -0.05) is 36.4 Å². The van der Waals surface area contributed by atoms with Crippen LogP contribution < -0.4 is 10.4 Å². The first-order chi connectivity index (χ1) is 7.86. The van der Waals surface area contributed by atoms with Crippen LogP contribution in [0.1, 0.15) is 0 Å². The van der Waals surface area contributed by atoms with Gasteiger partial charge < -0.3 is 9.47 Å². The summed E-state index contributed by atoms with van der Waals surface area (Å²) in [6, 6.07) is 12.2. The van der Waals surface area contributed by atoms with Crippen LogP contribution >= 0.6 is 0 Å². The van der Waals surface area contributed by atoms with E-state index in [0.717, 1.165) is 21.2 Å². The fourth-order valence-electron chi connectivity index (χ4n) is 1.82. The van der Waals surface area contributed by atoms with E-state index in [9.17, 15) is 0 Å². The molecule has 0 spiro atoms.